The zero-order chi connectivity index (χ0) is 19.4. The van der Waals surface area contributed by atoms with Crippen molar-refractivity contribution in [3.05, 3.63) is 71.2 Å². The molecule has 140 valence electrons. The van der Waals surface area contributed by atoms with Gasteiger partial charge in [0.05, 0.1) is 12.6 Å². The van der Waals surface area contributed by atoms with E-state index in [-0.39, 0.29) is 24.2 Å². The molecule has 0 aliphatic carbocycles. The van der Waals surface area contributed by atoms with Gasteiger partial charge in [-0.15, -0.1) is 0 Å². The van der Waals surface area contributed by atoms with Gasteiger partial charge in [0, 0.05) is 0 Å². The molecular formula is C21H21FN2O3. The van der Waals surface area contributed by atoms with E-state index >= 15 is 0 Å². The molecule has 0 radical (unpaired) electrons. The first-order valence-electron chi connectivity index (χ1n) is 8.82. The third kappa shape index (κ3) is 4.53. The Hall–Kier alpha value is -3.15. The van der Waals surface area contributed by atoms with Gasteiger partial charge in [0.2, 0.25) is 0 Å². The van der Waals surface area contributed by atoms with Gasteiger partial charge >= 0.3 is 6.03 Å². The van der Waals surface area contributed by atoms with Gasteiger partial charge in [-0.1, -0.05) is 31.2 Å². The Morgan fingerprint density at radius 3 is 2.41 bits per heavy atom. The van der Waals surface area contributed by atoms with Crippen LogP contribution in [0.2, 0.25) is 0 Å². The second-order valence-electron chi connectivity index (χ2n) is 6.41. The number of nitrogens with zero attached hydrogens (tertiary/aromatic N) is 1. The molecule has 0 spiro atoms. The zero-order valence-corrected chi connectivity index (χ0v) is 15.2. The highest BCUT2D eigenvalue weighted by Gasteiger charge is 2.33. The van der Waals surface area contributed by atoms with Gasteiger partial charge in [-0.2, -0.15) is 0 Å². The van der Waals surface area contributed by atoms with Gasteiger partial charge in [0.15, 0.2) is 0 Å². The fraction of sp³-hybridized carbons (Fsp3) is 0.238. The van der Waals surface area contributed by atoms with Gasteiger partial charge in [-0.3, -0.25) is 9.69 Å². The largest absolute Gasteiger partial charge is 0.491 e. The predicted octanol–water partition coefficient (Wildman–Crippen LogP) is 4.10. The van der Waals surface area contributed by atoms with Gasteiger partial charge < -0.3 is 10.1 Å². The zero-order valence-electron chi connectivity index (χ0n) is 15.2. The highest BCUT2D eigenvalue weighted by molar-refractivity contribution is 6.13. The lowest BCUT2D eigenvalue weighted by Crippen LogP contribution is -2.30. The highest BCUT2D eigenvalue weighted by atomic mass is 19.1. The average molecular weight is 368 g/mol. The lowest BCUT2D eigenvalue weighted by atomic mass is 10.1. The molecule has 2 aromatic rings. The van der Waals surface area contributed by atoms with E-state index in [2.05, 4.69) is 12.2 Å². The van der Waals surface area contributed by atoms with Crippen molar-refractivity contribution in [1.29, 1.82) is 0 Å². The molecule has 1 atom stereocenters. The maximum absolute atomic E-state index is 13.0. The Labute approximate surface area is 157 Å². The molecule has 1 aliphatic heterocycles. The summed E-state index contributed by atoms with van der Waals surface area (Å²) in [5, 5.41) is 2.58. The molecule has 3 amide bonds. The molecule has 1 saturated heterocycles. The number of imide groups is 1. The first kappa shape index (κ1) is 18.6. The molecule has 5 nitrogen and oxygen atoms in total. The van der Waals surface area contributed by atoms with E-state index in [9.17, 15) is 14.0 Å². The molecule has 1 aliphatic rings. The van der Waals surface area contributed by atoms with Crippen molar-refractivity contribution < 1.29 is 18.7 Å². The molecule has 1 N–H and O–H groups in total. The summed E-state index contributed by atoms with van der Waals surface area (Å²) in [7, 11) is 0. The number of benzene rings is 2. The van der Waals surface area contributed by atoms with Crippen molar-refractivity contribution in [2.75, 3.05) is 0 Å². The third-order valence-corrected chi connectivity index (χ3v) is 4.32. The Bertz CT molecular complexity index is 860. The Morgan fingerprint density at radius 1 is 1.11 bits per heavy atom. The van der Waals surface area contributed by atoms with Crippen molar-refractivity contribution in [2.24, 2.45) is 0 Å². The molecule has 1 fully saturated rings. The van der Waals surface area contributed by atoms with E-state index in [0.29, 0.717) is 5.56 Å². The molecule has 1 heterocycles. The van der Waals surface area contributed by atoms with Crippen molar-refractivity contribution in [3.8, 4) is 5.75 Å². The Kier molecular flexibility index (Phi) is 5.54. The first-order valence-corrected chi connectivity index (χ1v) is 8.82. The molecule has 3 rings (SSSR count). The number of rotatable bonds is 6. The Morgan fingerprint density at radius 2 is 1.78 bits per heavy atom. The van der Waals surface area contributed by atoms with Crippen molar-refractivity contribution in [2.45, 2.75) is 32.9 Å². The van der Waals surface area contributed by atoms with E-state index in [1.54, 1.807) is 18.2 Å². The summed E-state index contributed by atoms with van der Waals surface area (Å²) in [6.07, 6.45) is 2.67. The smallest absolute Gasteiger partial charge is 0.329 e. The maximum Gasteiger partial charge on any atom is 0.329 e. The fourth-order valence-electron chi connectivity index (χ4n) is 2.61. The average Bonchev–Trinajstić information content (AvgIpc) is 2.92. The van der Waals surface area contributed by atoms with Crippen LogP contribution in [-0.4, -0.2) is 22.9 Å². The third-order valence-electron chi connectivity index (χ3n) is 4.32. The molecule has 27 heavy (non-hydrogen) atoms. The van der Waals surface area contributed by atoms with Crippen LogP contribution in [0.4, 0.5) is 9.18 Å². The van der Waals surface area contributed by atoms with E-state index in [1.807, 2.05) is 31.2 Å². The van der Waals surface area contributed by atoms with Crippen molar-refractivity contribution in [3.63, 3.8) is 0 Å². The quantitative estimate of drug-likeness (QED) is 0.617. The van der Waals surface area contributed by atoms with Crippen LogP contribution in [0, 0.1) is 5.82 Å². The molecule has 6 heteroatoms. The molecular weight excluding hydrogens is 347 g/mol. The van der Waals surface area contributed by atoms with Gasteiger partial charge in [0.25, 0.3) is 5.91 Å². The van der Waals surface area contributed by atoms with Crippen LogP contribution in [-0.2, 0) is 11.3 Å². The van der Waals surface area contributed by atoms with Gasteiger partial charge in [-0.25, -0.2) is 9.18 Å². The maximum atomic E-state index is 13.0. The molecule has 0 unspecified atom stereocenters. The minimum atomic E-state index is -0.493. The lowest BCUT2D eigenvalue weighted by Gasteiger charge is -2.12. The van der Waals surface area contributed by atoms with Crippen LogP contribution >= 0.6 is 0 Å². The monoisotopic (exact) mass is 368 g/mol. The van der Waals surface area contributed by atoms with Crippen molar-refractivity contribution >= 4 is 18.0 Å². The van der Waals surface area contributed by atoms with Crippen molar-refractivity contribution in [1.82, 2.24) is 10.2 Å². The topological polar surface area (TPSA) is 58.6 Å². The predicted molar refractivity (Wildman–Crippen MR) is 100 cm³/mol. The van der Waals surface area contributed by atoms with Crippen LogP contribution in [0.5, 0.6) is 5.75 Å². The molecule has 0 aromatic heterocycles. The summed E-state index contributed by atoms with van der Waals surface area (Å²) in [6, 6.07) is 12.5. The normalized spacial score (nSPS) is 16.6. The number of nitrogens with one attached hydrogen (secondary N) is 1. The number of carbonyl (C=O) groups excluding carboxylic acids is 2. The van der Waals surface area contributed by atoms with Gasteiger partial charge in [-0.05, 0) is 54.8 Å². The van der Waals surface area contributed by atoms with Crippen LogP contribution in [0.25, 0.3) is 6.08 Å². The van der Waals surface area contributed by atoms with E-state index in [4.69, 9.17) is 4.74 Å². The minimum absolute atomic E-state index is 0.0873. The second kappa shape index (κ2) is 8.03. The summed E-state index contributed by atoms with van der Waals surface area (Å²) in [4.78, 5) is 25.7. The number of hydrogen-bond donors (Lipinski definition) is 1. The second-order valence-corrected chi connectivity index (χ2v) is 6.41. The number of ether oxygens (including phenoxy) is 1. The van der Waals surface area contributed by atoms with E-state index < -0.39 is 11.9 Å². The summed E-state index contributed by atoms with van der Waals surface area (Å²) < 4.78 is 18.7. The number of hydrogen-bond acceptors (Lipinski definition) is 3. The number of urea groups is 1. The molecule has 2 aromatic carbocycles. The van der Waals surface area contributed by atoms with Crippen LogP contribution in [0.1, 0.15) is 31.4 Å². The fourth-order valence-corrected chi connectivity index (χ4v) is 2.61. The first-order chi connectivity index (χ1) is 13.0. The summed E-state index contributed by atoms with van der Waals surface area (Å²) in [6.45, 7) is 4.14. The minimum Gasteiger partial charge on any atom is -0.491 e. The summed E-state index contributed by atoms with van der Waals surface area (Å²) in [5.41, 5.74) is 1.66. The summed E-state index contributed by atoms with van der Waals surface area (Å²) in [5.74, 6) is -0.0206. The number of halogens is 1. The van der Waals surface area contributed by atoms with Crippen LogP contribution < -0.4 is 10.1 Å². The SMILES string of the molecule is CC[C@H](C)Oc1ccc(/C=C2/NC(=O)N(Cc3ccc(F)cc3)C2=O)cc1. The standard InChI is InChI=1S/C21H21FN2O3/c1-3-14(2)27-18-10-6-15(7-11-18)12-19-20(25)24(21(26)23-19)13-16-4-8-17(22)9-5-16/h4-12,14H,3,13H2,1-2H3,(H,23,26)/b19-12+/t14-/m0/s1. The molecule has 0 bridgehead atoms. The number of carbonyl (C=O) groups is 2. The molecule has 0 saturated carbocycles. The van der Waals surface area contributed by atoms with Crippen LogP contribution in [0.15, 0.2) is 54.2 Å². The van der Waals surface area contributed by atoms with E-state index in [0.717, 1.165) is 22.6 Å². The van der Waals surface area contributed by atoms with Crippen LogP contribution in [0.3, 0.4) is 0 Å². The summed E-state index contributed by atoms with van der Waals surface area (Å²) >= 11 is 0. The lowest BCUT2D eigenvalue weighted by molar-refractivity contribution is -0.123. The Balaban J connectivity index is 1.71. The van der Waals surface area contributed by atoms with Gasteiger partial charge in [0.1, 0.15) is 17.3 Å². The number of amides is 3. The van der Waals surface area contributed by atoms with E-state index in [1.165, 1.54) is 12.1 Å². The highest BCUT2D eigenvalue weighted by Crippen LogP contribution is 2.20.